The number of rotatable bonds is 16. The van der Waals surface area contributed by atoms with Gasteiger partial charge in [0.15, 0.2) is 0 Å². The highest BCUT2D eigenvalue weighted by atomic mass is 16.6. The molecule has 0 spiro atoms. The van der Waals surface area contributed by atoms with Gasteiger partial charge in [0.25, 0.3) is 0 Å². The number of benzene rings is 1. The molecule has 4 unspecified atom stereocenters. The van der Waals surface area contributed by atoms with Crippen molar-refractivity contribution in [1.29, 1.82) is 0 Å². The molecule has 2 heterocycles. The molecule has 8 nitrogen and oxygen atoms in total. The maximum Gasteiger partial charge on any atom is 0.314 e. The van der Waals surface area contributed by atoms with E-state index >= 15 is 0 Å². The van der Waals surface area contributed by atoms with E-state index in [1.54, 1.807) is 0 Å². The van der Waals surface area contributed by atoms with E-state index in [2.05, 4.69) is 0 Å². The van der Waals surface area contributed by atoms with Crippen LogP contribution in [0.1, 0.15) is 119 Å². The summed E-state index contributed by atoms with van der Waals surface area (Å²) in [6.45, 7) is 4.74. The lowest BCUT2D eigenvalue weighted by Crippen LogP contribution is -2.27. The maximum absolute atomic E-state index is 13.3. The minimum absolute atomic E-state index is 0.0312. The third kappa shape index (κ3) is 8.30. The summed E-state index contributed by atoms with van der Waals surface area (Å²) in [6, 6.07) is 3.79. The van der Waals surface area contributed by atoms with E-state index in [0.29, 0.717) is 47.4 Å². The van der Waals surface area contributed by atoms with Gasteiger partial charge in [-0.2, -0.15) is 0 Å². The lowest BCUT2D eigenvalue weighted by Gasteiger charge is -2.29. The number of fused-ring (bicyclic) bond motifs is 5. The van der Waals surface area contributed by atoms with E-state index in [4.69, 9.17) is 28.4 Å². The van der Waals surface area contributed by atoms with Crippen molar-refractivity contribution >= 4 is 11.9 Å². The summed E-state index contributed by atoms with van der Waals surface area (Å²) in [5.41, 5.74) is 2.27. The van der Waals surface area contributed by atoms with Crippen LogP contribution in [0.3, 0.4) is 0 Å². The first-order chi connectivity index (χ1) is 22.1. The number of carbonyl (C=O) groups is 2. The first kappa shape index (κ1) is 31.6. The molecule has 2 aliphatic heterocycles. The molecule has 1 aromatic carbocycles. The molecule has 1 aromatic rings. The molecule has 5 fully saturated rings. The van der Waals surface area contributed by atoms with Gasteiger partial charge in [0, 0.05) is 24.3 Å². The molecule has 8 heteroatoms. The summed E-state index contributed by atoms with van der Waals surface area (Å²) in [4.78, 5) is 26.6. The van der Waals surface area contributed by atoms with Gasteiger partial charge in [-0.3, -0.25) is 9.59 Å². The van der Waals surface area contributed by atoms with Gasteiger partial charge in [-0.05, 0) is 132 Å². The standard InChI is InChI=1S/C37H52O8/c38-36(26-9-5-24(6-10-26)3-1-17-40-20-30-22-42-30)44-32-15-16-33(35-29-14-13-28(19-29)34(32)35)45-37(39)27-11-7-25(8-12-27)4-2-18-41-21-31-23-43-31/h15-16,24-31H,1-14,17-23H2. The Bertz CT molecular complexity index is 1070. The number of epoxide rings is 2. The molecule has 7 rings (SSSR count). The van der Waals surface area contributed by atoms with E-state index in [1.165, 1.54) is 0 Å². The predicted molar refractivity (Wildman–Crippen MR) is 168 cm³/mol. The van der Waals surface area contributed by atoms with Gasteiger partial charge < -0.3 is 28.4 Å². The summed E-state index contributed by atoms with van der Waals surface area (Å²) < 4.78 is 34.1. The Balaban J connectivity index is 0.872. The quantitative estimate of drug-likeness (QED) is 0.0852. The van der Waals surface area contributed by atoms with Gasteiger partial charge >= 0.3 is 11.9 Å². The van der Waals surface area contributed by atoms with Crippen molar-refractivity contribution in [2.24, 2.45) is 23.7 Å². The van der Waals surface area contributed by atoms with Gasteiger partial charge in [-0.15, -0.1) is 0 Å². The zero-order chi connectivity index (χ0) is 30.6. The molecule has 2 saturated heterocycles. The van der Waals surface area contributed by atoms with Crippen LogP contribution < -0.4 is 9.47 Å². The highest BCUT2D eigenvalue weighted by Gasteiger charge is 2.43. The second-order valence-corrected chi connectivity index (χ2v) is 14.7. The number of hydrogen-bond donors (Lipinski definition) is 0. The second-order valence-electron chi connectivity index (χ2n) is 14.7. The van der Waals surface area contributed by atoms with Crippen LogP contribution in [0, 0.1) is 23.7 Å². The number of hydrogen-bond acceptors (Lipinski definition) is 8. The Hall–Kier alpha value is -2.00. The summed E-state index contributed by atoms with van der Waals surface area (Å²) in [6.07, 6.45) is 16.4. The summed E-state index contributed by atoms with van der Waals surface area (Å²) in [5, 5.41) is 0. The van der Waals surface area contributed by atoms with Crippen molar-refractivity contribution in [3.8, 4) is 11.5 Å². The summed E-state index contributed by atoms with van der Waals surface area (Å²) >= 11 is 0. The van der Waals surface area contributed by atoms with E-state index < -0.39 is 0 Å². The maximum atomic E-state index is 13.3. The average Bonchev–Trinajstić information content (AvgIpc) is 3.99. The van der Waals surface area contributed by atoms with Crippen LogP contribution in [0.4, 0.5) is 0 Å². The van der Waals surface area contributed by atoms with Crippen LogP contribution in [-0.4, -0.2) is 63.8 Å². The SMILES string of the molecule is O=C(Oc1ccc(OC(=O)C2CCC(CCCOCC3CO3)CC2)c2c1C1CCC2C1)C1CCC(CCCOCC2CO2)CC1. The second kappa shape index (κ2) is 14.8. The Kier molecular flexibility index (Phi) is 10.4. The monoisotopic (exact) mass is 624 g/mol. The van der Waals surface area contributed by atoms with Crippen molar-refractivity contribution in [1.82, 2.24) is 0 Å². The number of carbonyl (C=O) groups excluding carboxylic acids is 2. The van der Waals surface area contributed by atoms with Crippen LogP contribution in [0.5, 0.6) is 11.5 Å². The number of esters is 2. The van der Waals surface area contributed by atoms with Crippen LogP contribution in [0.2, 0.25) is 0 Å². The highest BCUT2D eigenvalue weighted by molar-refractivity contribution is 5.78. The van der Waals surface area contributed by atoms with Crippen LogP contribution >= 0.6 is 0 Å². The normalized spacial score (nSPS) is 33.1. The van der Waals surface area contributed by atoms with Crippen LogP contribution in [0.25, 0.3) is 0 Å². The average molecular weight is 625 g/mol. The lowest BCUT2D eigenvalue weighted by atomic mass is 9.80. The molecule has 2 bridgehead atoms. The molecule has 45 heavy (non-hydrogen) atoms. The molecular formula is C37H52O8. The zero-order valence-corrected chi connectivity index (χ0v) is 26.9. The van der Waals surface area contributed by atoms with Crippen molar-refractivity contribution < 1.29 is 38.0 Å². The minimum Gasteiger partial charge on any atom is -0.426 e. The Morgan fingerprint density at radius 3 is 1.44 bits per heavy atom. The molecule has 0 radical (unpaired) electrons. The molecule has 3 saturated carbocycles. The largest absolute Gasteiger partial charge is 0.426 e. The molecule has 0 aromatic heterocycles. The van der Waals surface area contributed by atoms with Crippen molar-refractivity contribution in [2.75, 3.05) is 39.6 Å². The lowest BCUT2D eigenvalue weighted by molar-refractivity contribution is -0.141. The summed E-state index contributed by atoms with van der Waals surface area (Å²) in [7, 11) is 0. The van der Waals surface area contributed by atoms with E-state index in [0.717, 1.165) is 147 Å². The highest BCUT2D eigenvalue weighted by Crippen LogP contribution is 2.59. The van der Waals surface area contributed by atoms with Crippen LogP contribution in [-0.2, 0) is 28.5 Å². The molecule has 0 amide bonds. The Labute approximate surface area is 268 Å². The Morgan fingerprint density at radius 1 is 0.622 bits per heavy atom. The van der Waals surface area contributed by atoms with Gasteiger partial charge in [0.2, 0.25) is 0 Å². The van der Waals surface area contributed by atoms with Gasteiger partial charge in [-0.1, -0.05) is 0 Å². The van der Waals surface area contributed by atoms with Crippen molar-refractivity contribution in [3.05, 3.63) is 23.3 Å². The fourth-order valence-corrected chi connectivity index (χ4v) is 8.59. The first-order valence-corrected chi connectivity index (χ1v) is 18.1. The predicted octanol–water partition coefficient (Wildman–Crippen LogP) is 6.87. The third-order valence-electron chi connectivity index (χ3n) is 11.5. The number of ether oxygens (including phenoxy) is 6. The van der Waals surface area contributed by atoms with Gasteiger partial charge in [0.1, 0.15) is 23.7 Å². The van der Waals surface area contributed by atoms with Crippen molar-refractivity contribution in [2.45, 2.75) is 120 Å². The molecule has 4 aliphatic carbocycles. The molecule has 248 valence electrons. The topological polar surface area (TPSA) is 96.1 Å². The molecule has 6 aliphatic rings. The van der Waals surface area contributed by atoms with E-state index in [1.807, 2.05) is 12.1 Å². The smallest absolute Gasteiger partial charge is 0.314 e. The zero-order valence-electron chi connectivity index (χ0n) is 26.9. The first-order valence-electron chi connectivity index (χ1n) is 18.1. The van der Waals surface area contributed by atoms with E-state index in [-0.39, 0.29) is 23.8 Å². The fraction of sp³-hybridized carbons (Fsp3) is 0.784. The third-order valence-corrected chi connectivity index (χ3v) is 11.5. The minimum atomic E-state index is -0.0869. The molecule has 4 atom stereocenters. The molecule has 0 N–H and O–H groups in total. The van der Waals surface area contributed by atoms with Crippen LogP contribution in [0.15, 0.2) is 12.1 Å². The van der Waals surface area contributed by atoms with E-state index in [9.17, 15) is 9.59 Å². The fourth-order valence-electron chi connectivity index (χ4n) is 8.59. The summed E-state index contributed by atoms with van der Waals surface area (Å²) in [5.74, 6) is 3.31. The van der Waals surface area contributed by atoms with Gasteiger partial charge in [0.05, 0.1) is 38.3 Å². The molecular weight excluding hydrogens is 572 g/mol. The van der Waals surface area contributed by atoms with Crippen molar-refractivity contribution in [3.63, 3.8) is 0 Å². The Morgan fingerprint density at radius 2 is 1.04 bits per heavy atom. The van der Waals surface area contributed by atoms with Gasteiger partial charge in [-0.25, -0.2) is 0 Å².